The molecule has 1 saturated heterocycles. The van der Waals surface area contributed by atoms with Gasteiger partial charge in [0.15, 0.2) is 5.13 Å². The number of carbonyl (C=O) groups is 1. The highest BCUT2D eigenvalue weighted by Crippen LogP contribution is 2.24. The zero-order valence-electron chi connectivity index (χ0n) is 11.7. The van der Waals surface area contributed by atoms with Gasteiger partial charge in [-0.25, -0.2) is 14.8 Å². The van der Waals surface area contributed by atoms with Crippen molar-refractivity contribution in [2.24, 2.45) is 11.1 Å². The number of anilines is 1. The van der Waals surface area contributed by atoms with Crippen molar-refractivity contribution in [1.82, 2.24) is 14.6 Å². The van der Waals surface area contributed by atoms with Crippen LogP contribution in [-0.4, -0.2) is 43.8 Å². The molecule has 0 aromatic carbocycles. The molecule has 118 valence electrons. The predicted octanol–water partition coefficient (Wildman–Crippen LogP) is -0.321. The van der Waals surface area contributed by atoms with Crippen LogP contribution in [0.3, 0.4) is 0 Å². The van der Waals surface area contributed by atoms with Crippen molar-refractivity contribution >= 4 is 32.6 Å². The summed E-state index contributed by atoms with van der Waals surface area (Å²) in [4.78, 5) is 18.8. The molecule has 0 aliphatic carbocycles. The summed E-state index contributed by atoms with van der Waals surface area (Å²) in [7, 11) is -3.69. The quantitative estimate of drug-likeness (QED) is 0.695. The second kappa shape index (κ2) is 6.26. The molecule has 1 unspecified atom stereocenters. The standard InChI is InChI=1S/C11H19N5O3S2/c1-7-9(20-11(12)15-7)10(17)16-4-2-3-8(6-16)5-14-21(13,18)19/h8,14H,2-6H2,1H3,(H2,12,15)(H2,13,18,19). The molecule has 8 nitrogen and oxygen atoms in total. The molecule has 5 N–H and O–H groups in total. The van der Waals surface area contributed by atoms with Crippen molar-refractivity contribution in [3.05, 3.63) is 10.6 Å². The summed E-state index contributed by atoms with van der Waals surface area (Å²) in [6.07, 6.45) is 1.69. The van der Waals surface area contributed by atoms with E-state index in [0.717, 1.165) is 12.8 Å². The normalized spacial score (nSPS) is 19.7. The molecule has 1 aromatic rings. The number of nitrogen functional groups attached to an aromatic ring is 1. The fourth-order valence-electron chi connectivity index (χ4n) is 2.41. The first-order valence-electron chi connectivity index (χ1n) is 6.56. The molecule has 1 fully saturated rings. The molecular weight excluding hydrogens is 314 g/mol. The summed E-state index contributed by atoms with van der Waals surface area (Å²) in [6.45, 7) is 3.15. The zero-order chi connectivity index (χ0) is 15.6. The minimum Gasteiger partial charge on any atom is -0.375 e. The summed E-state index contributed by atoms with van der Waals surface area (Å²) >= 11 is 1.18. The van der Waals surface area contributed by atoms with E-state index in [1.807, 2.05) is 0 Å². The summed E-state index contributed by atoms with van der Waals surface area (Å²) in [5, 5.41) is 5.30. The summed E-state index contributed by atoms with van der Waals surface area (Å²) in [5.41, 5.74) is 6.25. The molecule has 10 heteroatoms. The van der Waals surface area contributed by atoms with Crippen LogP contribution in [0.2, 0.25) is 0 Å². The number of aromatic nitrogens is 1. The first kappa shape index (κ1) is 16.1. The fourth-order valence-corrected chi connectivity index (χ4v) is 3.68. The van der Waals surface area contributed by atoms with Crippen molar-refractivity contribution in [2.75, 3.05) is 25.4 Å². The lowest BCUT2D eigenvalue weighted by atomic mass is 9.98. The van der Waals surface area contributed by atoms with E-state index in [4.69, 9.17) is 10.9 Å². The van der Waals surface area contributed by atoms with Crippen LogP contribution in [0.25, 0.3) is 0 Å². The Labute approximate surface area is 127 Å². The average Bonchev–Trinajstić information content (AvgIpc) is 2.74. The number of aryl methyl sites for hydroxylation is 1. The Hall–Kier alpha value is -1.23. The Kier molecular flexibility index (Phi) is 4.81. The van der Waals surface area contributed by atoms with E-state index < -0.39 is 10.2 Å². The van der Waals surface area contributed by atoms with Gasteiger partial charge in [0.1, 0.15) is 4.88 Å². The van der Waals surface area contributed by atoms with Crippen molar-refractivity contribution < 1.29 is 13.2 Å². The second-order valence-electron chi connectivity index (χ2n) is 5.12. The maximum absolute atomic E-state index is 12.5. The number of hydrogen-bond donors (Lipinski definition) is 3. The highest BCUT2D eigenvalue weighted by Gasteiger charge is 2.27. The number of rotatable bonds is 4. The summed E-state index contributed by atoms with van der Waals surface area (Å²) in [5.74, 6) is -0.0337. The monoisotopic (exact) mass is 333 g/mol. The molecule has 0 spiro atoms. The number of piperidine rings is 1. The fraction of sp³-hybridized carbons (Fsp3) is 0.636. The number of carbonyl (C=O) groups excluding carboxylic acids is 1. The SMILES string of the molecule is Cc1nc(N)sc1C(=O)N1CCCC(CNS(N)(=O)=O)C1. The molecule has 0 bridgehead atoms. The first-order valence-corrected chi connectivity index (χ1v) is 8.92. The zero-order valence-corrected chi connectivity index (χ0v) is 13.3. The Morgan fingerprint density at radius 3 is 2.86 bits per heavy atom. The van der Waals surface area contributed by atoms with Gasteiger partial charge in [0.25, 0.3) is 16.1 Å². The minimum absolute atomic E-state index is 0.0617. The van der Waals surface area contributed by atoms with Gasteiger partial charge >= 0.3 is 0 Å². The number of nitrogens with zero attached hydrogens (tertiary/aromatic N) is 2. The van der Waals surface area contributed by atoms with Crippen LogP contribution in [-0.2, 0) is 10.2 Å². The number of hydrogen-bond acceptors (Lipinski definition) is 6. The van der Waals surface area contributed by atoms with E-state index in [1.165, 1.54) is 11.3 Å². The van der Waals surface area contributed by atoms with Crippen LogP contribution in [0.4, 0.5) is 5.13 Å². The Morgan fingerprint density at radius 2 is 2.29 bits per heavy atom. The van der Waals surface area contributed by atoms with E-state index in [2.05, 4.69) is 9.71 Å². The summed E-state index contributed by atoms with van der Waals surface area (Å²) in [6, 6.07) is 0. The van der Waals surface area contributed by atoms with Gasteiger partial charge in [0.05, 0.1) is 5.69 Å². The van der Waals surface area contributed by atoms with Crippen molar-refractivity contribution in [3.8, 4) is 0 Å². The molecule has 1 atom stereocenters. The van der Waals surface area contributed by atoms with Crippen LogP contribution in [0.1, 0.15) is 28.2 Å². The smallest absolute Gasteiger partial charge is 0.274 e. The molecule has 1 amide bonds. The highest BCUT2D eigenvalue weighted by atomic mass is 32.2. The van der Waals surface area contributed by atoms with Gasteiger partial charge in [-0.1, -0.05) is 11.3 Å². The summed E-state index contributed by atoms with van der Waals surface area (Å²) < 4.78 is 24.1. The van der Waals surface area contributed by atoms with Crippen LogP contribution < -0.4 is 15.6 Å². The van der Waals surface area contributed by atoms with Crippen LogP contribution >= 0.6 is 11.3 Å². The lowest BCUT2D eigenvalue weighted by Crippen LogP contribution is -2.44. The van der Waals surface area contributed by atoms with Crippen molar-refractivity contribution in [3.63, 3.8) is 0 Å². The third-order valence-electron chi connectivity index (χ3n) is 3.39. The van der Waals surface area contributed by atoms with Gasteiger partial charge in [-0.3, -0.25) is 4.79 Å². The van der Waals surface area contributed by atoms with Gasteiger partial charge in [-0.05, 0) is 25.7 Å². The first-order chi connectivity index (χ1) is 9.76. The van der Waals surface area contributed by atoms with E-state index in [9.17, 15) is 13.2 Å². The maximum atomic E-state index is 12.5. The van der Waals surface area contributed by atoms with E-state index >= 15 is 0 Å². The number of likely N-dealkylation sites (tertiary alicyclic amines) is 1. The second-order valence-corrected chi connectivity index (χ2v) is 7.53. The van der Waals surface area contributed by atoms with E-state index in [0.29, 0.717) is 28.8 Å². The van der Waals surface area contributed by atoms with Crippen LogP contribution in [0.15, 0.2) is 0 Å². The van der Waals surface area contributed by atoms with Gasteiger partial charge in [0, 0.05) is 19.6 Å². The Bertz CT molecular complexity index is 628. The Morgan fingerprint density at radius 1 is 1.57 bits per heavy atom. The average molecular weight is 333 g/mol. The molecular formula is C11H19N5O3S2. The van der Waals surface area contributed by atoms with Crippen LogP contribution in [0, 0.1) is 12.8 Å². The maximum Gasteiger partial charge on any atom is 0.274 e. The lowest BCUT2D eigenvalue weighted by Gasteiger charge is -2.32. The molecule has 0 saturated carbocycles. The topological polar surface area (TPSA) is 131 Å². The van der Waals surface area contributed by atoms with Crippen LogP contribution in [0.5, 0.6) is 0 Å². The third-order valence-corrected chi connectivity index (χ3v) is 4.93. The Balaban J connectivity index is 2.00. The number of nitrogens with one attached hydrogen (secondary N) is 1. The highest BCUT2D eigenvalue weighted by molar-refractivity contribution is 7.87. The molecule has 1 aliphatic heterocycles. The van der Waals surface area contributed by atoms with E-state index in [1.54, 1.807) is 11.8 Å². The van der Waals surface area contributed by atoms with E-state index in [-0.39, 0.29) is 18.4 Å². The molecule has 1 aliphatic rings. The molecule has 1 aromatic heterocycles. The van der Waals surface area contributed by atoms with Gasteiger partial charge < -0.3 is 10.6 Å². The van der Waals surface area contributed by atoms with Crippen molar-refractivity contribution in [2.45, 2.75) is 19.8 Å². The largest absolute Gasteiger partial charge is 0.375 e. The minimum atomic E-state index is -3.69. The molecule has 0 radical (unpaired) electrons. The number of thiazole rings is 1. The van der Waals surface area contributed by atoms with Gasteiger partial charge in [-0.2, -0.15) is 8.42 Å². The number of nitrogens with two attached hydrogens (primary N) is 2. The third kappa shape index (κ3) is 4.37. The predicted molar refractivity (Wildman–Crippen MR) is 81.0 cm³/mol. The number of amides is 1. The molecule has 2 heterocycles. The lowest BCUT2D eigenvalue weighted by molar-refractivity contribution is 0.0680. The van der Waals surface area contributed by atoms with Gasteiger partial charge in [0.2, 0.25) is 0 Å². The van der Waals surface area contributed by atoms with Gasteiger partial charge in [-0.15, -0.1) is 0 Å². The van der Waals surface area contributed by atoms with Crippen molar-refractivity contribution in [1.29, 1.82) is 0 Å². The molecule has 2 rings (SSSR count). The molecule has 21 heavy (non-hydrogen) atoms.